The van der Waals surface area contributed by atoms with Crippen LogP contribution in [0, 0.1) is 5.92 Å². The molecule has 0 aliphatic heterocycles. The van der Waals surface area contributed by atoms with Gasteiger partial charge in [-0.05, 0) is 40.5 Å². The molecular weight excluding hydrogens is 235 g/mol. The minimum absolute atomic E-state index is 0.517. The maximum Gasteiger partial charge on any atom is 0.345 e. The monoisotopic (exact) mass is 264 g/mol. The number of rotatable bonds is 9. The van der Waals surface area contributed by atoms with Crippen LogP contribution in [0.3, 0.4) is 0 Å². The van der Waals surface area contributed by atoms with Gasteiger partial charge in [0, 0.05) is 0 Å². The van der Waals surface area contributed by atoms with E-state index in [4.69, 9.17) is 4.52 Å². The summed E-state index contributed by atoms with van der Waals surface area (Å²) in [5.74, 6) is 0.517. The Balaban J connectivity index is 4.34. The molecule has 0 aromatic rings. The molecule has 0 unspecified atom stereocenters. The summed E-state index contributed by atoms with van der Waals surface area (Å²) in [5, 5.41) is 0. The molecule has 0 bridgehead atoms. The predicted molar refractivity (Wildman–Crippen MR) is 74.2 cm³/mol. The standard InChI is InChI=1S/C12H29N2O2P/c1-7-9-10-12(8-2)11-16-17(15,13(3)4)14(5)6/h12H,7-11H2,1-6H3/t12-/m0/s1. The van der Waals surface area contributed by atoms with Gasteiger partial charge in [-0.15, -0.1) is 0 Å². The van der Waals surface area contributed by atoms with Crippen molar-refractivity contribution < 1.29 is 9.09 Å². The molecule has 0 aromatic carbocycles. The van der Waals surface area contributed by atoms with Crippen LogP contribution < -0.4 is 0 Å². The number of nitrogens with zero attached hydrogens (tertiary/aromatic N) is 2. The van der Waals surface area contributed by atoms with Crippen LogP contribution >= 0.6 is 7.67 Å². The second-order valence-electron chi connectivity index (χ2n) is 4.90. The smallest absolute Gasteiger partial charge is 0.306 e. The van der Waals surface area contributed by atoms with Crippen LogP contribution in [-0.4, -0.2) is 44.1 Å². The van der Waals surface area contributed by atoms with Crippen molar-refractivity contribution in [2.45, 2.75) is 39.5 Å². The van der Waals surface area contributed by atoms with Crippen LogP contribution in [0.1, 0.15) is 39.5 Å². The summed E-state index contributed by atoms with van der Waals surface area (Å²) in [6.45, 7) is 4.95. The highest BCUT2D eigenvalue weighted by molar-refractivity contribution is 7.53. The second kappa shape index (κ2) is 8.25. The Bertz CT molecular complexity index is 233. The van der Waals surface area contributed by atoms with Crippen molar-refractivity contribution in [1.29, 1.82) is 0 Å². The summed E-state index contributed by atoms with van der Waals surface area (Å²) < 4.78 is 21.6. The summed E-state index contributed by atoms with van der Waals surface area (Å²) in [7, 11) is 4.40. The maximum atomic E-state index is 12.5. The van der Waals surface area contributed by atoms with Gasteiger partial charge in [-0.2, -0.15) is 0 Å². The van der Waals surface area contributed by atoms with Crippen LogP contribution in [0.25, 0.3) is 0 Å². The average molecular weight is 264 g/mol. The lowest BCUT2D eigenvalue weighted by Crippen LogP contribution is -2.24. The molecule has 5 heteroatoms. The summed E-state index contributed by atoms with van der Waals surface area (Å²) >= 11 is 0. The van der Waals surface area contributed by atoms with Crippen LogP contribution in [0.2, 0.25) is 0 Å². The zero-order valence-corrected chi connectivity index (χ0v) is 13.2. The van der Waals surface area contributed by atoms with E-state index in [1.807, 2.05) is 0 Å². The minimum Gasteiger partial charge on any atom is -0.306 e. The fourth-order valence-electron chi connectivity index (χ4n) is 1.69. The number of unbranched alkanes of at least 4 members (excludes halogenated alkanes) is 1. The van der Waals surface area contributed by atoms with Crippen molar-refractivity contribution >= 4 is 7.67 Å². The lowest BCUT2D eigenvalue weighted by atomic mass is 10.0. The van der Waals surface area contributed by atoms with Gasteiger partial charge in [0.15, 0.2) is 0 Å². The Morgan fingerprint density at radius 1 is 1.12 bits per heavy atom. The molecule has 0 amide bonds. The number of hydrogen-bond acceptors (Lipinski definition) is 2. The van der Waals surface area contributed by atoms with Gasteiger partial charge >= 0.3 is 7.67 Å². The largest absolute Gasteiger partial charge is 0.345 e. The molecule has 0 saturated carbocycles. The van der Waals surface area contributed by atoms with Crippen molar-refractivity contribution in [3.63, 3.8) is 0 Å². The Hall–Kier alpha value is 0.110. The first-order valence-electron chi connectivity index (χ1n) is 6.48. The molecule has 0 saturated heterocycles. The Kier molecular flexibility index (Phi) is 8.31. The van der Waals surface area contributed by atoms with Gasteiger partial charge in [0.05, 0.1) is 6.61 Å². The highest BCUT2D eigenvalue weighted by Gasteiger charge is 2.30. The highest BCUT2D eigenvalue weighted by atomic mass is 31.2. The van der Waals surface area contributed by atoms with Crippen LogP contribution in [-0.2, 0) is 9.09 Å². The van der Waals surface area contributed by atoms with E-state index in [2.05, 4.69) is 13.8 Å². The first-order valence-corrected chi connectivity index (χ1v) is 8.01. The summed E-state index contributed by atoms with van der Waals surface area (Å²) in [6.07, 6.45) is 4.67. The molecule has 0 N–H and O–H groups in total. The van der Waals surface area contributed by atoms with Gasteiger partial charge in [-0.3, -0.25) is 4.57 Å². The molecule has 0 fully saturated rings. The van der Waals surface area contributed by atoms with Gasteiger partial charge in [-0.25, -0.2) is 9.34 Å². The maximum absolute atomic E-state index is 12.5. The van der Waals surface area contributed by atoms with Crippen molar-refractivity contribution in [2.75, 3.05) is 34.8 Å². The summed E-state index contributed by atoms with van der Waals surface area (Å²) in [6, 6.07) is 0. The van der Waals surface area contributed by atoms with E-state index in [0.717, 1.165) is 12.8 Å². The van der Waals surface area contributed by atoms with E-state index >= 15 is 0 Å². The van der Waals surface area contributed by atoms with Crippen LogP contribution in [0.4, 0.5) is 0 Å². The third kappa shape index (κ3) is 5.52. The van der Waals surface area contributed by atoms with Gasteiger partial charge < -0.3 is 4.52 Å². The molecule has 1 atom stereocenters. The quantitative estimate of drug-likeness (QED) is 0.597. The molecule has 17 heavy (non-hydrogen) atoms. The van der Waals surface area contributed by atoms with Crippen molar-refractivity contribution in [2.24, 2.45) is 5.92 Å². The minimum atomic E-state index is -2.80. The Morgan fingerprint density at radius 2 is 1.65 bits per heavy atom. The third-order valence-corrected chi connectivity index (χ3v) is 5.54. The molecule has 0 rings (SSSR count). The van der Waals surface area contributed by atoms with Crippen LogP contribution in [0.5, 0.6) is 0 Å². The lowest BCUT2D eigenvalue weighted by molar-refractivity contribution is 0.195. The van der Waals surface area contributed by atoms with Crippen molar-refractivity contribution in [1.82, 2.24) is 9.34 Å². The van der Waals surface area contributed by atoms with Gasteiger partial charge in [0.2, 0.25) is 0 Å². The first-order chi connectivity index (χ1) is 7.88. The van der Waals surface area contributed by atoms with E-state index in [1.165, 1.54) is 12.8 Å². The molecule has 104 valence electrons. The average Bonchev–Trinajstić information content (AvgIpc) is 2.28. The molecule has 0 aromatic heterocycles. The van der Waals surface area contributed by atoms with E-state index in [9.17, 15) is 4.57 Å². The fourth-order valence-corrected chi connectivity index (χ4v) is 3.27. The zero-order chi connectivity index (χ0) is 13.5. The Labute approximate surface area is 107 Å². The second-order valence-corrected chi connectivity index (χ2v) is 7.74. The van der Waals surface area contributed by atoms with E-state index in [0.29, 0.717) is 12.5 Å². The molecule has 0 aliphatic rings. The van der Waals surface area contributed by atoms with Gasteiger partial charge in [0.25, 0.3) is 0 Å². The van der Waals surface area contributed by atoms with Crippen molar-refractivity contribution in [3.8, 4) is 0 Å². The Morgan fingerprint density at radius 3 is 2.00 bits per heavy atom. The van der Waals surface area contributed by atoms with Gasteiger partial charge in [0.1, 0.15) is 0 Å². The normalized spacial score (nSPS) is 14.6. The molecule has 0 spiro atoms. The van der Waals surface area contributed by atoms with E-state index < -0.39 is 7.67 Å². The predicted octanol–water partition coefficient (Wildman–Crippen LogP) is 3.45. The summed E-state index contributed by atoms with van der Waals surface area (Å²) in [5.41, 5.74) is 0. The number of hydrogen-bond donors (Lipinski definition) is 0. The molecule has 4 nitrogen and oxygen atoms in total. The first kappa shape index (κ1) is 17.1. The molecule has 0 aliphatic carbocycles. The van der Waals surface area contributed by atoms with Crippen LogP contribution in [0.15, 0.2) is 0 Å². The van der Waals surface area contributed by atoms with Crippen molar-refractivity contribution in [3.05, 3.63) is 0 Å². The third-order valence-electron chi connectivity index (χ3n) is 3.03. The van der Waals surface area contributed by atoms with E-state index in [-0.39, 0.29) is 0 Å². The topological polar surface area (TPSA) is 32.8 Å². The van der Waals surface area contributed by atoms with Gasteiger partial charge in [-0.1, -0.05) is 33.1 Å². The zero-order valence-electron chi connectivity index (χ0n) is 12.3. The highest BCUT2D eigenvalue weighted by Crippen LogP contribution is 2.50. The fraction of sp³-hybridized carbons (Fsp3) is 1.00. The van der Waals surface area contributed by atoms with E-state index in [1.54, 1.807) is 37.5 Å². The SMILES string of the molecule is CCCC[C@H](CC)COP(=O)(N(C)C)N(C)C. The molecule has 0 radical (unpaired) electrons. The molecule has 0 heterocycles. The lowest BCUT2D eigenvalue weighted by Gasteiger charge is -2.30. The summed E-state index contributed by atoms with van der Waals surface area (Å²) in [4.78, 5) is 0. The molecular formula is C12H29N2O2P.